The van der Waals surface area contributed by atoms with Gasteiger partial charge in [-0.05, 0) is 81.9 Å². The van der Waals surface area contributed by atoms with Crippen LogP contribution in [0.5, 0.6) is 0 Å². The highest BCUT2D eigenvalue weighted by atomic mass is 28.4. The Bertz CT molecular complexity index is 428. The van der Waals surface area contributed by atoms with Gasteiger partial charge in [-0.3, -0.25) is 0 Å². The van der Waals surface area contributed by atoms with Crippen molar-refractivity contribution in [2.45, 2.75) is 104 Å². The van der Waals surface area contributed by atoms with E-state index in [9.17, 15) is 0 Å². The van der Waals surface area contributed by atoms with Crippen LogP contribution in [0.25, 0.3) is 0 Å². The highest BCUT2D eigenvalue weighted by Gasteiger charge is 2.42. The lowest BCUT2D eigenvalue weighted by molar-refractivity contribution is 0.156. The lowest BCUT2D eigenvalue weighted by Crippen LogP contribution is -2.46. The molecule has 0 amide bonds. The fourth-order valence-corrected chi connectivity index (χ4v) is 5.58. The third-order valence-electron chi connectivity index (χ3n) is 5.41. The van der Waals surface area contributed by atoms with E-state index in [1.807, 2.05) is 0 Å². The zero-order valence-electron chi connectivity index (χ0n) is 17.3. The van der Waals surface area contributed by atoms with Gasteiger partial charge >= 0.3 is 0 Å². The summed E-state index contributed by atoms with van der Waals surface area (Å²) in [6.45, 7) is 23.0. The normalized spacial score (nSPS) is 26.2. The first-order valence-electron chi connectivity index (χ1n) is 9.36. The molecule has 0 aromatic heterocycles. The molecule has 23 heavy (non-hydrogen) atoms. The van der Waals surface area contributed by atoms with Crippen LogP contribution in [0.2, 0.25) is 37.8 Å². The zero-order valence-corrected chi connectivity index (χ0v) is 19.3. The maximum absolute atomic E-state index is 6.84. The topological polar surface area (TPSA) is 18.5 Å². The summed E-state index contributed by atoms with van der Waals surface area (Å²) in [5.74, 6) is 1.80. The zero-order chi connectivity index (χ0) is 18.1. The molecule has 2 atom stereocenters. The summed E-state index contributed by atoms with van der Waals surface area (Å²) in [4.78, 5) is 0. The van der Waals surface area contributed by atoms with Gasteiger partial charge in [0, 0.05) is 0 Å². The molecular formula is C19H40O2Si2. The fourth-order valence-electron chi connectivity index (χ4n) is 3.23. The summed E-state index contributed by atoms with van der Waals surface area (Å²) in [7, 11) is -3.33. The smallest absolute Gasteiger partial charge is 0.241 e. The molecule has 0 radical (unpaired) electrons. The van der Waals surface area contributed by atoms with Gasteiger partial charge in [-0.1, -0.05) is 27.7 Å². The Labute approximate surface area is 147 Å². The van der Waals surface area contributed by atoms with Crippen LogP contribution in [0.1, 0.15) is 60.3 Å². The molecule has 0 aliphatic heterocycles. The maximum atomic E-state index is 6.84. The van der Waals surface area contributed by atoms with Crippen molar-refractivity contribution in [1.29, 1.82) is 0 Å². The van der Waals surface area contributed by atoms with Gasteiger partial charge in [0.2, 0.25) is 8.32 Å². The number of rotatable bonds is 5. The van der Waals surface area contributed by atoms with Gasteiger partial charge in [0.05, 0.1) is 11.9 Å². The van der Waals surface area contributed by atoms with E-state index < -0.39 is 16.6 Å². The van der Waals surface area contributed by atoms with Gasteiger partial charge in [0.1, 0.15) is 0 Å². The van der Waals surface area contributed by atoms with Crippen LogP contribution in [0.3, 0.4) is 0 Å². The second kappa shape index (κ2) is 7.44. The molecule has 2 nitrogen and oxygen atoms in total. The van der Waals surface area contributed by atoms with E-state index in [2.05, 4.69) is 67.4 Å². The van der Waals surface area contributed by atoms with Crippen molar-refractivity contribution in [2.24, 2.45) is 5.92 Å². The quantitative estimate of drug-likeness (QED) is 0.402. The largest absolute Gasteiger partial charge is 0.547 e. The molecular weight excluding hydrogens is 316 g/mol. The van der Waals surface area contributed by atoms with Crippen LogP contribution < -0.4 is 0 Å². The average Bonchev–Trinajstić information content (AvgIpc) is 2.34. The Morgan fingerprint density at radius 1 is 1.09 bits per heavy atom. The number of hydrogen-bond donors (Lipinski definition) is 0. The molecule has 0 unspecified atom stereocenters. The summed E-state index contributed by atoms with van der Waals surface area (Å²) in [6.07, 6.45) is 5.19. The molecule has 0 saturated heterocycles. The van der Waals surface area contributed by atoms with Crippen molar-refractivity contribution in [2.75, 3.05) is 0 Å². The van der Waals surface area contributed by atoms with Crippen molar-refractivity contribution in [1.82, 2.24) is 0 Å². The molecule has 4 heteroatoms. The summed E-state index contributed by atoms with van der Waals surface area (Å²) >= 11 is 0. The minimum Gasteiger partial charge on any atom is -0.547 e. The van der Waals surface area contributed by atoms with Crippen molar-refractivity contribution < 1.29 is 8.85 Å². The SMILES string of the molecule is CC[C@@H]1CCC[C@@H](O[Si](C)(C)C(C)(C)C)/C1=C(\C)O[Si](C)(C)C. The average molecular weight is 357 g/mol. The van der Waals surface area contributed by atoms with Crippen LogP contribution >= 0.6 is 0 Å². The second-order valence-electron chi connectivity index (χ2n) is 9.63. The van der Waals surface area contributed by atoms with Crippen LogP contribution in [0.4, 0.5) is 0 Å². The van der Waals surface area contributed by atoms with E-state index in [0.717, 1.165) is 6.42 Å². The lowest BCUT2D eigenvalue weighted by atomic mass is 9.80. The minimum absolute atomic E-state index is 0.255. The maximum Gasteiger partial charge on any atom is 0.241 e. The summed E-state index contributed by atoms with van der Waals surface area (Å²) in [5.41, 5.74) is 1.48. The van der Waals surface area contributed by atoms with Crippen LogP contribution in [-0.2, 0) is 8.85 Å². The standard InChI is InChI=1S/C19H40O2Si2/c1-11-16-13-12-14-17(21-23(9,10)19(3,4)5)18(16)15(2)20-22(6,7)8/h16-17H,11-14H2,1-10H3/b18-15+/t16-,17-/m1/s1. The Morgan fingerprint density at radius 2 is 1.65 bits per heavy atom. The van der Waals surface area contributed by atoms with Gasteiger partial charge in [-0.15, -0.1) is 0 Å². The van der Waals surface area contributed by atoms with Crippen LogP contribution in [0.15, 0.2) is 11.3 Å². The molecule has 0 bridgehead atoms. The molecule has 1 rings (SSSR count). The Hall–Kier alpha value is -0.0662. The number of allylic oxidation sites excluding steroid dienone is 1. The van der Waals surface area contributed by atoms with E-state index in [-0.39, 0.29) is 11.1 Å². The molecule has 0 aromatic rings. The molecule has 1 aliphatic carbocycles. The van der Waals surface area contributed by atoms with Crippen molar-refractivity contribution in [3.8, 4) is 0 Å². The third kappa shape index (κ3) is 5.75. The first kappa shape index (κ1) is 21.0. The molecule has 1 aliphatic rings. The summed E-state index contributed by atoms with van der Waals surface area (Å²) in [5, 5.41) is 0.255. The fraction of sp³-hybridized carbons (Fsp3) is 0.895. The predicted octanol–water partition coefficient (Wildman–Crippen LogP) is 6.71. The lowest BCUT2D eigenvalue weighted by Gasteiger charge is -2.43. The molecule has 0 heterocycles. The van der Waals surface area contributed by atoms with Gasteiger partial charge in [0.25, 0.3) is 0 Å². The first-order chi connectivity index (χ1) is 10.3. The molecule has 0 spiro atoms. The molecule has 0 N–H and O–H groups in total. The summed E-state index contributed by atoms with van der Waals surface area (Å²) < 4.78 is 13.2. The van der Waals surface area contributed by atoms with Gasteiger partial charge in [-0.2, -0.15) is 0 Å². The van der Waals surface area contributed by atoms with E-state index in [4.69, 9.17) is 8.85 Å². The summed E-state index contributed by atoms with van der Waals surface area (Å²) in [6, 6.07) is 0. The second-order valence-corrected chi connectivity index (χ2v) is 18.8. The van der Waals surface area contributed by atoms with Crippen molar-refractivity contribution in [3.63, 3.8) is 0 Å². The van der Waals surface area contributed by atoms with Gasteiger partial charge in [0.15, 0.2) is 8.32 Å². The van der Waals surface area contributed by atoms with E-state index in [1.165, 1.54) is 30.6 Å². The van der Waals surface area contributed by atoms with E-state index in [0.29, 0.717) is 5.92 Å². The predicted molar refractivity (Wildman–Crippen MR) is 107 cm³/mol. The van der Waals surface area contributed by atoms with Gasteiger partial charge in [-0.25, -0.2) is 0 Å². The third-order valence-corrected chi connectivity index (χ3v) is 10.8. The molecule has 0 aromatic carbocycles. The Kier molecular flexibility index (Phi) is 6.79. The van der Waals surface area contributed by atoms with Crippen LogP contribution in [-0.4, -0.2) is 22.7 Å². The van der Waals surface area contributed by atoms with Gasteiger partial charge < -0.3 is 8.85 Å². The van der Waals surface area contributed by atoms with E-state index in [1.54, 1.807) is 0 Å². The highest BCUT2D eigenvalue weighted by molar-refractivity contribution is 6.74. The molecule has 1 saturated carbocycles. The van der Waals surface area contributed by atoms with Crippen molar-refractivity contribution in [3.05, 3.63) is 11.3 Å². The monoisotopic (exact) mass is 356 g/mol. The minimum atomic E-state index is -1.76. The van der Waals surface area contributed by atoms with Crippen molar-refractivity contribution >= 4 is 16.6 Å². The van der Waals surface area contributed by atoms with Crippen LogP contribution in [0, 0.1) is 5.92 Å². The Balaban J connectivity index is 3.14. The number of hydrogen-bond acceptors (Lipinski definition) is 2. The first-order valence-corrected chi connectivity index (χ1v) is 15.7. The Morgan fingerprint density at radius 3 is 2.09 bits per heavy atom. The van der Waals surface area contributed by atoms with E-state index >= 15 is 0 Å². The highest BCUT2D eigenvalue weighted by Crippen LogP contribution is 2.43. The molecule has 1 fully saturated rings. The molecule has 136 valence electrons.